The summed E-state index contributed by atoms with van der Waals surface area (Å²) in [5.74, 6) is -0.0928. The monoisotopic (exact) mass is 296 g/mol. The summed E-state index contributed by atoms with van der Waals surface area (Å²) in [7, 11) is 2.94. The average Bonchev–Trinajstić information content (AvgIpc) is 2.35. The third-order valence-electron chi connectivity index (χ3n) is 4.29. The highest BCUT2D eigenvalue weighted by Crippen LogP contribution is 2.50. The van der Waals surface area contributed by atoms with Gasteiger partial charge in [-0.2, -0.15) is 0 Å². The molecular formula is C16H21FO4. The van der Waals surface area contributed by atoms with E-state index in [-0.39, 0.29) is 0 Å². The maximum absolute atomic E-state index is 14.4. The first-order valence-corrected chi connectivity index (χ1v) is 6.95. The second-order valence-corrected chi connectivity index (χ2v) is 5.97. The first-order valence-electron chi connectivity index (χ1n) is 6.95. The van der Waals surface area contributed by atoms with E-state index in [0.717, 1.165) is 6.42 Å². The van der Waals surface area contributed by atoms with E-state index in [4.69, 9.17) is 9.47 Å². The maximum atomic E-state index is 14.4. The van der Waals surface area contributed by atoms with E-state index >= 15 is 0 Å². The average molecular weight is 296 g/mol. The molecule has 0 radical (unpaired) electrons. The van der Waals surface area contributed by atoms with E-state index in [1.54, 1.807) is 12.1 Å². The van der Waals surface area contributed by atoms with Crippen LogP contribution in [0.15, 0.2) is 12.1 Å². The molecule has 0 amide bonds. The zero-order valence-electron chi connectivity index (χ0n) is 12.8. The molecule has 116 valence electrons. The van der Waals surface area contributed by atoms with Crippen molar-refractivity contribution in [2.24, 2.45) is 0 Å². The molecule has 0 bridgehead atoms. The minimum atomic E-state index is -1.63. The van der Waals surface area contributed by atoms with Gasteiger partial charge in [-0.05, 0) is 32.8 Å². The number of alkyl halides is 1. The van der Waals surface area contributed by atoms with E-state index in [9.17, 15) is 14.3 Å². The molecule has 0 saturated heterocycles. The van der Waals surface area contributed by atoms with Gasteiger partial charge >= 0.3 is 5.97 Å². The first-order chi connectivity index (χ1) is 9.76. The number of carbonyl (C=O) groups is 1. The minimum Gasteiger partial charge on any atom is -0.496 e. The maximum Gasteiger partial charge on any atom is 0.314 e. The summed E-state index contributed by atoms with van der Waals surface area (Å²) in [5.41, 5.74) is -1.73. The molecule has 4 nitrogen and oxygen atoms in total. The van der Waals surface area contributed by atoms with Gasteiger partial charge in [0.2, 0.25) is 0 Å². The standard InChI is InChI=1S/C16H21FO4/c1-15(2,17)10-8-11(13(21-4)9-12(10)20-3)16(14(18)19)6-5-7-16/h8-9H,5-7H2,1-4H3,(H,18,19). The molecule has 0 heterocycles. The van der Waals surface area contributed by atoms with Crippen LogP contribution in [-0.2, 0) is 15.9 Å². The van der Waals surface area contributed by atoms with Crippen LogP contribution in [-0.4, -0.2) is 25.3 Å². The van der Waals surface area contributed by atoms with Gasteiger partial charge in [0.05, 0.1) is 19.6 Å². The fourth-order valence-electron chi connectivity index (χ4n) is 2.87. The topological polar surface area (TPSA) is 55.8 Å². The number of methoxy groups -OCH3 is 2. The second kappa shape index (κ2) is 5.20. The van der Waals surface area contributed by atoms with Crippen LogP contribution < -0.4 is 9.47 Å². The highest BCUT2D eigenvalue weighted by molar-refractivity contribution is 5.84. The molecule has 1 aromatic carbocycles. The van der Waals surface area contributed by atoms with Gasteiger partial charge in [0.25, 0.3) is 0 Å². The van der Waals surface area contributed by atoms with Gasteiger partial charge in [-0.25, -0.2) is 4.39 Å². The Balaban J connectivity index is 2.68. The van der Waals surface area contributed by atoms with E-state index in [1.165, 1.54) is 28.1 Å². The fourth-order valence-corrected chi connectivity index (χ4v) is 2.87. The molecule has 0 atom stereocenters. The Morgan fingerprint density at radius 1 is 1.24 bits per heavy atom. The zero-order chi connectivity index (χ0) is 15.8. The van der Waals surface area contributed by atoms with Crippen LogP contribution >= 0.6 is 0 Å². The van der Waals surface area contributed by atoms with E-state index in [2.05, 4.69) is 0 Å². The Hall–Kier alpha value is -1.78. The molecule has 5 heteroatoms. The smallest absolute Gasteiger partial charge is 0.314 e. The Bertz CT molecular complexity index is 556. The number of carboxylic acid groups (broad SMARTS) is 1. The van der Waals surface area contributed by atoms with Crippen LogP contribution in [0, 0.1) is 0 Å². The van der Waals surface area contributed by atoms with Crippen LogP contribution in [0.3, 0.4) is 0 Å². The number of hydrogen-bond donors (Lipinski definition) is 1. The van der Waals surface area contributed by atoms with E-state index in [1.807, 2.05) is 0 Å². The summed E-state index contributed by atoms with van der Waals surface area (Å²) in [6.07, 6.45) is 1.92. The SMILES string of the molecule is COc1cc(OC)c(C2(C(=O)O)CCC2)cc1C(C)(C)F. The minimum absolute atomic E-state index is 0.341. The van der Waals surface area contributed by atoms with E-state index in [0.29, 0.717) is 35.5 Å². The molecule has 1 aliphatic carbocycles. The third kappa shape index (κ3) is 2.45. The second-order valence-electron chi connectivity index (χ2n) is 5.97. The van der Waals surface area contributed by atoms with Crippen molar-refractivity contribution < 1.29 is 23.8 Å². The van der Waals surface area contributed by atoms with Crippen molar-refractivity contribution in [2.45, 2.75) is 44.2 Å². The Morgan fingerprint density at radius 2 is 1.81 bits per heavy atom. The van der Waals surface area contributed by atoms with Crippen molar-refractivity contribution in [1.82, 2.24) is 0 Å². The van der Waals surface area contributed by atoms with Crippen molar-refractivity contribution in [3.8, 4) is 11.5 Å². The summed E-state index contributed by atoms with van der Waals surface area (Å²) in [5, 5.41) is 9.60. The predicted octanol–water partition coefficient (Wildman–Crippen LogP) is 3.41. The molecule has 1 N–H and O–H groups in total. The molecule has 0 aromatic heterocycles. The molecule has 0 unspecified atom stereocenters. The third-order valence-corrected chi connectivity index (χ3v) is 4.29. The Labute approximate surface area is 123 Å². The van der Waals surface area contributed by atoms with Gasteiger partial charge < -0.3 is 14.6 Å². The van der Waals surface area contributed by atoms with Gasteiger partial charge in [-0.15, -0.1) is 0 Å². The van der Waals surface area contributed by atoms with Gasteiger partial charge in [-0.1, -0.05) is 6.42 Å². The van der Waals surface area contributed by atoms with Crippen molar-refractivity contribution in [3.63, 3.8) is 0 Å². The quantitative estimate of drug-likeness (QED) is 0.904. The summed E-state index contributed by atoms with van der Waals surface area (Å²) in [6, 6.07) is 3.17. The largest absolute Gasteiger partial charge is 0.496 e. The zero-order valence-corrected chi connectivity index (χ0v) is 12.8. The first kappa shape index (κ1) is 15.6. The van der Waals surface area contributed by atoms with Crippen molar-refractivity contribution in [2.75, 3.05) is 14.2 Å². The summed E-state index contributed by atoms with van der Waals surface area (Å²) >= 11 is 0. The number of halogens is 1. The van der Waals surface area contributed by atoms with Crippen LogP contribution in [0.5, 0.6) is 11.5 Å². The number of ether oxygens (including phenoxy) is 2. The fraction of sp³-hybridized carbons (Fsp3) is 0.562. The summed E-state index contributed by atoms with van der Waals surface area (Å²) in [4.78, 5) is 11.7. The molecule has 1 fully saturated rings. The van der Waals surface area contributed by atoms with Crippen molar-refractivity contribution in [1.29, 1.82) is 0 Å². The van der Waals surface area contributed by atoms with Gasteiger partial charge in [0.15, 0.2) is 0 Å². The van der Waals surface area contributed by atoms with E-state index < -0.39 is 17.1 Å². The molecule has 1 saturated carbocycles. The Kier molecular flexibility index (Phi) is 3.87. The summed E-state index contributed by atoms with van der Waals surface area (Å²) in [6.45, 7) is 2.85. The predicted molar refractivity (Wildman–Crippen MR) is 76.8 cm³/mol. The molecule has 1 aliphatic rings. The molecule has 0 aliphatic heterocycles. The number of hydrogen-bond acceptors (Lipinski definition) is 3. The number of aliphatic carboxylic acids is 1. The molecule has 21 heavy (non-hydrogen) atoms. The number of rotatable bonds is 5. The highest BCUT2D eigenvalue weighted by atomic mass is 19.1. The highest BCUT2D eigenvalue weighted by Gasteiger charge is 2.48. The van der Waals surface area contributed by atoms with Gasteiger partial charge in [0.1, 0.15) is 17.2 Å². The summed E-state index contributed by atoms with van der Waals surface area (Å²) < 4.78 is 25.0. The lowest BCUT2D eigenvalue weighted by molar-refractivity contribution is -0.147. The lowest BCUT2D eigenvalue weighted by Gasteiger charge is -2.39. The van der Waals surface area contributed by atoms with Crippen molar-refractivity contribution >= 4 is 5.97 Å². The van der Waals surface area contributed by atoms with Crippen molar-refractivity contribution in [3.05, 3.63) is 23.3 Å². The molecular weight excluding hydrogens is 275 g/mol. The van der Waals surface area contributed by atoms with Gasteiger partial charge in [-0.3, -0.25) is 4.79 Å². The lowest BCUT2D eigenvalue weighted by Crippen LogP contribution is -2.42. The normalized spacial score (nSPS) is 17.0. The number of benzene rings is 1. The lowest BCUT2D eigenvalue weighted by atomic mass is 9.63. The van der Waals surface area contributed by atoms with Crippen LogP contribution in [0.2, 0.25) is 0 Å². The molecule has 1 aromatic rings. The molecule has 0 spiro atoms. The van der Waals surface area contributed by atoms with Crippen LogP contribution in [0.25, 0.3) is 0 Å². The number of carboxylic acids is 1. The van der Waals surface area contributed by atoms with Gasteiger partial charge in [0, 0.05) is 17.2 Å². The van der Waals surface area contributed by atoms with Crippen LogP contribution in [0.1, 0.15) is 44.2 Å². The molecule has 2 rings (SSSR count). The van der Waals surface area contributed by atoms with Crippen LogP contribution in [0.4, 0.5) is 4.39 Å². The Morgan fingerprint density at radius 3 is 2.14 bits per heavy atom.